The molecule has 0 bridgehead atoms. The topological polar surface area (TPSA) is 6.48 Å². The Kier molecular flexibility index (Phi) is 10.1. The minimum Gasteiger partial charge on any atom is -0.310 e. The summed E-state index contributed by atoms with van der Waals surface area (Å²) in [4.78, 5) is 4.82. The number of hydrogen-bond donors (Lipinski definition) is 0. The van der Waals surface area contributed by atoms with Gasteiger partial charge in [-0.1, -0.05) is 231 Å². The maximum Gasteiger partial charge on any atom is 0.0726 e. The summed E-state index contributed by atoms with van der Waals surface area (Å²) >= 11 is 0. The summed E-state index contributed by atoms with van der Waals surface area (Å²) in [6, 6.07) is 107. The molecule has 0 N–H and O–H groups in total. The van der Waals surface area contributed by atoms with Crippen molar-refractivity contribution in [2.24, 2.45) is 0 Å². The van der Waals surface area contributed by atoms with Gasteiger partial charge in [0.25, 0.3) is 0 Å². The number of anilines is 6. The Morgan fingerprint density at radius 2 is 0.575 bits per heavy atom. The van der Waals surface area contributed by atoms with E-state index in [2.05, 4.69) is 301 Å². The molecule has 14 rings (SSSR count). The Hall–Kier alpha value is -9.50. The highest BCUT2D eigenvalue weighted by atomic mass is 15.1. The first kappa shape index (κ1) is 42.4. The molecule has 1 spiro atoms. The fourth-order valence-electron chi connectivity index (χ4n) is 12.1. The number of nitrogens with zero attached hydrogens (tertiary/aromatic N) is 2. The highest BCUT2D eigenvalue weighted by Gasteiger charge is 2.52. The van der Waals surface area contributed by atoms with Crippen molar-refractivity contribution in [3.63, 3.8) is 0 Å². The maximum atomic E-state index is 2.52. The summed E-state index contributed by atoms with van der Waals surface area (Å²) in [5, 5.41) is 2.48. The van der Waals surface area contributed by atoms with Gasteiger partial charge in [0.15, 0.2) is 0 Å². The van der Waals surface area contributed by atoms with E-state index in [0.717, 1.165) is 34.1 Å². The second kappa shape index (κ2) is 17.4. The van der Waals surface area contributed by atoms with Crippen molar-refractivity contribution in [2.75, 3.05) is 9.80 Å². The van der Waals surface area contributed by atoms with Crippen LogP contribution in [0.3, 0.4) is 0 Å². The van der Waals surface area contributed by atoms with Gasteiger partial charge >= 0.3 is 0 Å². The van der Waals surface area contributed by atoms with E-state index in [1.54, 1.807) is 0 Å². The van der Waals surface area contributed by atoms with Crippen LogP contribution < -0.4 is 9.80 Å². The molecule has 0 heterocycles. The highest BCUT2D eigenvalue weighted by molar-refractivity contribution is 6.12. The monoisotopic (exact) mass is 928 g/mol. The van der Waals surface area contributed by atoms with E-state index in [9.17, 15) is 0 Å². The zero-order chi connectivity index (χ0) is 48.3. The van der Waals surface area contributed by atoms with Crippen LogP contribution >= 0.6 is 0 Å². The van der Waals surface area contributed by atoms with Gasteiger partial charge in [-0.15, -0.1) is 0 Å². The Balaban J connectivity index is 0.827. The van der Waals surface area contributed by atoms with Crippen molar-refractivity contribution >= 4 is 44.9 Å². The first-order valence-corrected chi connectivity index (χ1v) is 25.3. The van der Waals surface area contributed by atoms with Crippen LogP contribution in [0, 0.1) is 0 Å². The number of hydrogen-bond acceptors (Lipinski definition) is 2. The van der Waals surface area contributed by atoms with Gasteiger partial charge in [0.2, 0.25) is 0 Å². The van der Waals surface area contributed by atoms with E-state index in [1.807, 2.05) is 0 Å². The fourth-order valence-corrected chi connectivity index (χ4v) is 12.1. The van der Waals surface area contributed by atoms with E-state index in [0.29, 0.717) is 0 Å². The maximum absolute atomic E-state index is 2.52. The zero-order valence-electron chi connectivity index (χ0n) is 40.1. The van der Waals surface area contributed by atoms with Crippen molar-refractivity contribution in [3.8, 4) is 55.6 Å². The molecule has 0 aliphatic heterocycles. The quantitative estimate of drug-likeness (QED) is 0.142. The number of benzene rings is 12. The largest absolute Gasteiger partial charge is 0.310 e. The van der Waals surface area contributed by atoms with Crippen LogP contribution in [0.5, 0.6) is 0 Å². The molecule has 2 heteroatoms. The summed E-state index contributed by atoms with van der Waals surface area (Å²) in [5.74, 6) is 0. The van der Waals surface area contributed by atoms with Crippen molar-refractivity contribution in [2.45, 2.75) is 5.41 Å². The number of fused-ring (bicyclic) bond motifs is 12. The molecular weight excluding hydrogens is 881 g/mol. The van der Waals surface area contributed by atoms with Crippen molar-refractivity contribution in [1.29, 1.82) is 0 Å². The lowest BCUT2D eigenvalue weighted by Gasteiger charge is -2.33. The summed E-state index contributed by atoms with van der Waals surface area (Å²) in [6.07, 6.45) is 0. The predicted molar refractivity (Wildman–Crippen MR) is 306 cm³/mol. The van der Waals surface area contributed by atoms with Crippen LogP contribution in [0.2, 0.25) is 0 Å². The van der Waals surface area contributed by atoms with Crippen LogP contribution in [-0.4, -0.2) is 0 Å². The van der Waals surface area contributed by atoms with Gasteiger partial charge in [-0.25, -0.2) is 0 Å². The molecule has 2 aliphatic rings. The molecule has 0 fully saturated rings. The third-order valence-corrected chi connectivity index (χ3v) is 15.3. The molecule has 0 radical (unpaired) electrons. The fraction of sp³-hybridized carbons (Fsp3) is 0.0141. The standard InChI is InChI=1S/C71H48N2/c1-4-20-53(21-5-1)58-26-15-19-35-68(58)72(54-22-6-2-7-23-54)56-44-40-51(41-45-56)49-36-38-50(39-37-49)52-42-46-57(47-43-52)73(55-24-8-3-9-25-55)69-48-67-70(62-30-11-10-29-61(62)69)63-31-14-18-34-66(63)71(67)64-32-16-12-27-59(64)60-28-13-17-33-65(60)71/h1-48H. The SMILES string of the molecule is c1ccc(-c2ccccc2N(c2ccccc2)c2ccc(-c3ccc(-c4ccc(N(c5ccccc5)c5cc6c(c7ccccc57)-c5ccccc5C65c6ccccc6-c6ccccc65)cc4)cc3)cc2)cc1. The summed E-state index contributed by atoms with van der Waals surface area (Å²) in [7, 11) is 0. The average molecular weight is 929 g/mol. The number of para-hydroxylation sites is 3. The van der Waals surface area contributed by atoms with Gasteiger partial charge in [0.1, 0.15) is 0 Å². The third kappa shape index (κ3) is 6.79. The lowest BCUT2D eigenvalue weighted by molar-refractivity contribution is 0.794. The molecular formula is C71H48N2. The zero-order valence-corrected chi connectivity index (χ0v) is 40.1. The third-order valence-electron chi connectivity index (χ3n) is 15.3. The van der Waals surface area contributed by atoms with E-state index >= 15 is 0 Å². The Morgan fingerprint density at radius 1 is 0.219 bits per heavy atom. The molecule has 12 aromatic rings. The minimum atomic E-state index is -0.463. The van der Waals surface area contributed by atoms with Crippen molar-refractivity contribution < 1.29 is 0 Å². The number of rotatable bonds is 9. The first-order valence-electron chi connectivity index (χ1n) is 25.3. The molecule has 73 heavy (non-hydrogen) atoms. The van der Waals surface area contributed by atoms with Crippen LogP contribution in [-0.2, 0) is 5.41 Å². The molecule has 0 aromatic heterocycles. The van der Waals surface area contributed by atoms with E-state index in [1.165, 1.54) is 88.7 Å². The summed E-state index contributed by atoms with van der Waals surface area (Å²) in [5.41, 5.74) is 23.9. The van der Waals surface area contributed by atoms with Gasteiger partial charge in [-0.2, -0.15) is 0 Å². The molecule has 0 atom stereocenters. The summed E-state index contributed by atoms with van der Waals surface area (Å²) < 4.78 is 0. The second-order valence-corrected chi connectivity index (χ2v) is 19.1. The van der Waals surface area contributed by atoms with Gasteiger partial charge in [0.05, 0.1) is 16.8 Å². The molecule has 0 unspecified atom stereocenters. The molecule has 0 saturated heterocycles. The minimum absolute atomic E-state index is 0.463. The van der Waals surface area contributed by atoms with Gasteiger partial charge in [-0.3, -0.25) is 0 Å². The van der Waals surface area contributed by atoms with Gasteiger partial charge in [0, 0.05) is 33.7 Å². The van der Waals surface area contributed by atoms with Crippen molar-refractivity contribution in [3.05, 3.63) is 313 Å². The smallest absolute Gasteiger partial charge is 0.0726 e. The average Bonchev–Trinajstić information content (AvgIpc) is 3.94. The van der Waals surface area contributed by atoms with Crippen LogP contribution in [0.1, 0.15) is 22.3 Å². The Bertz CT molecular complexity index is 3950. The molecule has 2 aliphatic carbocycles. The van der Waals surface area contributed by atoms with Crippen molar-refractivity contribution in [1.82, 2.24) is 0 Å². The normalized spacial score (nSPS) is 12.5. The van der Waals surface area contributed by atoms with E-state index in [-0.39, 0.29) is 0 Å². The Morgan fingerprint density at radius 3 is 1.10 bits per heavy atom. The first-order chi connectivity index (χ1) is 36.2. The molecule has 342 valence electrons. The molecule has 0 saturated carbocycles. The lowest BCUT2D eigenvalue weighted by Crippen LogP contribution is -2.26. The Labute approximate surface area is 427 Å². The van der Waals surface area contributed by atoms with Crippen LogP contribution in [0.4, 0.5) is 34.1 Å². The van der Waals surface area contributed by atoms with Crippen LogP contribution in [0.25, 0.3) is 66.4 Å². The molecule has 0 amide bonds. The van der Waals surface area contributed by atoms with Crippen LogP contribution in [0.15, 0.2) is 291 Å². The van der Waals surface area contributed by atoms with E-state index in [4.69, 9.17) is 0 Å². The summed E-state index contributed by atoms with van der Waals surface area (Å²) in [6.45, 7) is 0. The molecule has 2 nitrogen and oxygen atoms in total. The second-order valence-electron chi connectivity index (χ2n) is 19.1. The predicted octanol–water partition coefficient (Wildman–Crippen LogP) is 19.1. The van der Waals surface area contributed by atoms with Gasteiger partial charge in [-0.05, 0) is 138 Å². The lowest BCUT2D eigenvalue weighted by atomic mass is 9.70. The highest BCUT2D eigenvalue weighted by Crippen LogP contribution is 2.65. The molecule has 12 aromatic carbocycles. The van der Waals surface area contributed by atoms with E-state index < -0.39 is 5.41 Å². The van der Waals surface area contributed by atoms with Gasteiger partial charge < -0.3 is 9.80 Å².